The highest BCUT2D eigenvalue weighted by Gasteiger charge is 2.61. The molecule has 4 amide bonds. The molecule has 1 saturated carbocycles. The Kier molecular flexibility index (Phi) is 5.03. The van der Waals surface area contributed by atoms with E-state index in [4.69, 9.17) is 4.74 Å². The first-order valence-electron chi connectivity index (χ1n) is 11.9. The first kappa shape index (κ1) is 21.9. The summed E-state index contributed by atoms with van der Waals surface area (Å²) in [7, 11) is 0. The molecule has 3 heterocycles. The molecule has 1 aromatic carbocycles. The number of benzene rings is 1. The summed E-state index contributed by atoms with van der Waals surface area (Å²) < 4.78 is 5.50. The zero-order valence-corrected chi connectivity index (χ0v) is 19.5. The minimum Gasteiger partial charge on any atom is -0.444 e. The largest absolute Gasteiger partial charge is 0.444 e. The van der Waals surface area contributed by atoms with Crippen molar-refractivity contribution in [3.05, 3.63) is 29.3 Å². The van der Waals surface area contributed by atoms with E-state index in [9.17, 15) is 19.2 Å². The van der Waals surface area contributed by atoms with Gasteiger partial charge in [0.25, 0.3) is 0 Å². The normalized spacial score (nSPS) is 24.7. The highest BCUT2D eigenvalue weighted by atomic mass is 16.6. The highest BCUT2D eigenvalue weighted by Crippen LogP contribution is 2.58. The van der Waals surface area contributed by atoms with Gasteiger partial charge in [-0.1, -0.05) is 12.1 Å². The summed E-state index contributed by atoms with van der Waals surface area (Å²) in [4.78, 5) is 53.3. The Bertz CT molecular complexity index is 1030. The van der Waals surface area contributed by atoms with Crippen molar-refractivity contribution in [3.8, 4) is 0 Å². The first-order chi connectivity index (χ1) is 15.6. The predicted molar refractivity (Wildman–Crippen MR) is 121 cm³/mol. The zero-order chi connectivity index (χ0) is 23.5. The topological polar surface area (TPSA) is 96.0 Å². The molecule has 1 spiro atoms. The van der Waals surface area contributed by atoms with Crippen molar-refractivity contribution in [2.24, 2.45) is 0 Å². The smallest absolute Gasteiger partial charge is 0.410 e. The van der Waals surface area contributed by atoms with Crippen molar-refractivity contribution in [2.75, 3.05) is 18.0 Å². The maximum Gasteiger partial charge on any atom is 0.410 e. The van der Waals surface area contributed by atoms with E-state index in [2.05, 4.69) is 17.4 Å². The number of nitrogens with one attached hydrogen (secondary N) is 1. The first-order valence-corrected chi connectivity index (χ1v) is 11.9. The van der Waals surface area contributed by atoms with Gasteiger partial charge in [0.1, 0.15) is 11.6 Å². The van der Waals surface area contributed by atoms with Crippen LogP contribution < -0.4 is 10.2 Å². The van der Waals surface area contributed by atoms with E-state index in [0.717, 1.165) is 36.9 Å². The van der Waals surface area contributed by atoms with Crippen molar-refractivity contribution in [1.82, 2.24) is 10.2 Å². The summed E-state index contributed by atoms with van der Waals surface area (Å²) in [6, 6.07) is 5.55. The van der Waals surface area contributed by atoms with E-state index < -0.39 is 17.1 Å². The minimum atomic E-state index is -0.628. The number of imide groups is 1. The molecule has 3 fully saturated rings. The maximum atomic E-state index is 13.4. The Morgan fingerprint density at radius 1 is 1.09 bits per heavy atom. The number of piperidine rings is 2. The number of hydrogen-bond acceptors (Lipinski definition) is 5. The average molecular weight is 454 g/mol. The Morgan fingerprint density at radius 2 is 1.79 bits per heavy atom. The summed E-state index contributed by atoms with van der Waals surface area (Å²) in [5.74, 6) is -0.368. The third-order valence-electron chi connectivity index (χ3n) is 7.31. The quantitative estimate of drug-likeness (QED) is 0.695. The van der Waals surface area contributed by atoms with Gasteiger partial charge in [-0.05, 0) is 76.0 Å². The Hall–Kier alpha value is -2.90. The second-order valence-electron chi connectivity index (χ2n) is 10.7. The fourth-order valence-corrected chi connectivity index (χ4v) is 5.42. The summed E-state index contributed by atoms with van der Waals surface area (Å²) in [5.41, 5.74) is 1.99. The molecule has 0 radical (unpaired) electrons. The van der Waals surface area contributed by atoms with Gasteiger partial charge >= 0.3 is 6.09 Å². The molecule has 1 N–H and O–H groups in total. The number of rotatable bonds is 2. The molecule has 0 bridgehead atoms. The lowest BCUT2D eigenvalue weighted by atomic mass is 9.86. The molecule has 1 atom stereocenters. The van der Waals surface area contributed by atoms with Crippen LogP contribution in [0.5, 0.6) is 0 Å². The van der Waals surface area contributed by atoms with E-state index in [1.54, 1.807) is 9.80 Å². The van der Waals surface area contributed by atoms with Crippen LogP contribution in [0.15, 0.2) is 18.2 Å². The van der Waals surface area contributed by atoms with Gasteiger partial charge < -0.3 is 9.64 Å². The van der Waals surface area contributed by atoms with Gasteiger partial charge in [-0.15, -0.1) is 0 Å². The van der Waals surface area contributed by atoms with Crippen molar-refractivity contribution in [1.29, 1.82) is 0 Å². The van der Waals surface area contributed by atoms with Crippen molar-refractivity contribution >= 4 is 29.5 Å². The van der Waals surface area contributed by atoms with E-state index in [0.29, 0.717) is 25.4 Å². The number of fused-ring (bicyclic) bond motifs is 2. The summed E-state index contributed by atoms with van der Waals surface area (Å²) in [6.07, 6.45) is 3.61. The number of anilines is 1. The van der Waals surface area contributed by atoms with Crippen LogP contribution in [-0.2, 0) is 24.5 Å². The standard InChI is InChI=1S/C25H31N3O5/c1-24(2,3)33-23(32)27-12-8-15(9-13-27)16-4-5-18-17(14-16)25(10-11-25)22(31)28(18)19-6-7-20(29)26-21(19)30/h4-5,14-15,19H,6-13H2,1-3H3,(H,26,29,30). The molecule has 1 aromatic rings. The Labute approximate surface area is 193 Å². The molecule has 8 heteroatoms. The van der Waals surface area contributed by atoms with Gasteiger partial charge in [-0.3, -0.25) is 24.6 Å². The van der Waals surface area contributed by atoms with Crippen molar-refractivity contribution in [2.45, 2.75) is 82.3 Å². The molecule has 8 nitrogen and oxygen atoms in total. The molecular formula is C25H31N3O5. The van der Waals surface area contributed by atoms with E-state index in [-0.39, 0.29) is 30.2 Å². The summed E-state index contributed by atoms with van der Waals surface area (Å²) in [6.45, 7) is 6.90. The van der Waals surface area contributed by atoms with Crippen LogP contribution in [0.4, 0.5) is 10.5 Å². The fraction of sp³-hybridized carbons (Fsp3) is 0.600. The molecule has 33 heavy (non-hydrogen) atoms. The van der Waals surface area contributed by atoms with Crippen LogP contribution in [0.2, 0.25) is 0 Å². The SMILES string of the molecule is CC(C)(C)OC(=O)N1CCC(c2ccc3c(c2)C2(CC2)C(=O)N3C2CCC(=O)NC2=O)CC1. The van der Waals surface area contributed by atoms with Gasteiger partial charge in [0.05, 0.1) is 5.41 Å². The number of nitrogens with zero attached hydrogens (tertiary/aromatic N) is 2. The molecule has 5 rings (SSSR count). The van der Waals surface area contributed by atoms with Crippen LogP contribution in [0.3, 0.4) is 0 Å². The zero-order valence-electron chi connectivity index (χ0n) is 19.5. The fourth-order valence-electron chi connectivity index (χ4n) is 5.42. The second-order valence-corrected chi connectivity index (χ2v) is 10.7. The van der Waals surface area contributed by atoms with Crippen molar-refractivity contribution in [3.63, 3.8) is 0 Å². The molecule has 3 aliphatic heterocycles. The molecule has 1 aliphatic carbocycles. The molecular weight excluding hydrogens is 422 g/mol. The number of likely N-dealkylation sites (tertiary alicyclic amines) is 1. The number of carbonyl (C=O) groups is 4. The molecule has 0 aromatic heterocycles. The lowest BCUT2D eigenvalue weighted by molar-refractivity contribution is -0.135. The Balaban J connectivity index is 1.34. The van der Waals surface area contributed by atoms with Gasteiger partial charge in [0.15, 0.2) is 0 Å². The van der Waals surface area contributed by atoms with Crippen LogP contribution in [0.25, 0.3) is 0 Å². The lowest BCUT2D eigenvalue weighted by Crippen LogP contribution is -2.54. The third-order valence-corrected chi connectivity index (χ3v) is 7.31. The third kappa shape index (κ3) is 3.79. The lowest BCUT2D eigenvalue weighted by Gasteiger charge is -2.34. The summed E-state index contributed by atoms with van der Waals surface area (Å²) in [5, 5.41) is 2.38. The highest BCUT2D eigenvalue weighted by molar-refractivity contribution is 6.15. The molecule has 176 valence electrons. The van der Waals surface area contributed by atoms with Gasteiger partial charge in [-0.25, -0.2) is 4.79 Å². The number of hydrogen-bond donors (Lipinski definition) is 1. The molecule has 1 unspecified atom stereocenters. The molecule has 2 saturated heterocycles. The second kappa shape index (κ2) is 7.57. The monoisotopic (exact) mass is 453 g/mol. The van der Waals surface area contributed by atoms with E-state index >= 15 is 0 Å². The average Bonchev–Trinajstić information content (AvgIpc) is 3.52. The maximum absolute atomic E-state index is 13.4. The van der Waals surface area contributed by atoms with E-state index in [1.165, 1.54) is 5.56 Å². The van der Waals surface area contributed by atoms with Gasteiger partial charge in [-0.2, -0.15) is 0 Å². The van der Waals surface area contributed by atoms with Crippen LogP contribution >= 0.6 is 0 Å². The van der Waals surface area contributed by atoms with Gasteiger partial charge in [0.2, 0.25) is 17.7 Å². The van der Waals surface area contributed by atoms with Crippen LogP contribution in [-0.4, -0.2) is 53.4 Å². The molecule has 4 aliphatic rings. The number of carbonyl (C=O) groups excluding carboxylic acids is 4. The number of amides is 4. The van der Waals surface area contributed by atoms with Crippen molar-refractivity contribution < 1.29 is 23.9 Å². The Morgan fingerprint density at radius 3 is 2.39 bits per heavy atom. The number of ether oxygens (including phenoxy) is 1. The van der Waals surface area contributed by atoms with Gasteiger partial charge in [0, 0.05) is 25.2 Å². The van der Waals surface area contributed by atoms with Crippen LogP contribution in [0, 0.1) is 0 Å². The van der Waals surface area contributed by atoms with E-state index in [1.807, 2.05) is 26.8 Å². The predicted octanol–water partition coefficient (Wildman–Crippen LogP) is 2.98. The minimum absolute atomic E-state index is 0.0103. The van der Waals surface area contributed by atoms with Crippen LogP contribution in [0.1, 0.15) is 76.3 Å². The summed E-state index contributed by atoms with van der Waals surface area (Å²) >= 11 is 0.